The SMILES string of the molecule is C[C@@]1(c2ccc3c(c2)OCCCO3)NC(=O)N(CC(=O)c2ccc(-c3ccccc3)cc2)C1=O. The Morgan fingerprint density at radius 1 is 0.912 bits per heavy atom. The maximum absolute atomic E-state index is 13.3. The van der Waals surface area contributed by atoms with Gasteiger partial charge in [0.2, 0.25) is 0 Å². The molecule has 7 heteroatoms. The van der Waals surface area contributed by atoms with Gasteiger partial charge in [0.05, 0.1) is 19.8 Å². The molecule has 0 unspecified atom stereocenters. The molecule has 3 aromatic rings. The van der Waals surface area contributed by atoms with Crippen LogP contribution in [0.25, 0.3) is 11.1 Å². The van der Waals surface area contributed by atoms with Crippen LogP contribution in [-0.2, 0) is 10.3 Å². The Hall–Kier alpha value is -4.13. The fraction of sp³-hybridized carbons (Fsp3) is 0.222. The summed E-state index contributed by atoms with van der Waals surface area (Å²) in [6.45, 7) is 2.36. The van der Waals surface area contributed by atoms with Crippen molar-refractivity contribution in [2.24, 2.45) is 0 Å². The third-order valence-electron chi connectivity index (χ3n) is 6.22. The molecule has 2 aliphatic heterocycles. The number of carbonyl (C=O) groups is 3. The first-order valence-corrected chi connectivity index (χ1v) is 11.2. The van der Waals surface area contributed by atoms with Crippen LogP contribution >= 0.6 is 0 Å². The molecule has 3 aromatic carbocycles. The maximum Gasteiger partial charge on any atom is 0.325 e. The van der Waals surface area contributed by atoms with Crippen LogP contribution in [0.15, 0.2) is 72.8 Å². The van der Waals surface area contributed by atoms with Crippen LogP contribution < -0.4 is 14.8 Å². The standard InChI is InChI=1S/C27H24N2O5/c1-27(21-12-13-23-24(16-21)34-15-5-14-33-23)25(31)29(26(32)28-27)17-22(30)20-10-8-19(9-11-20)18-6-3-2-4-7-18/h2-4,6-13,16H,5,14-15,17H2,1H3,(H,28,32)/t27-/m0/s1. The third kappa shape index (κ3) is 3.90. The van der Waals surface area contributed by atoms with Crippen molar-refractivity contribution in [1.82, 2.24) is 10.2 Å². The number of Topliss-reactive ketones (excluding diaryl/α,β-unsaturated/α-hetero) is 1. The predicted molar refractivity (Wildman–Crippen MR) is 126 cm³/mol. The number of nitrogens with zero attached hydrogens (tertiary/aromatic N) is 1. The van der Waals surface area contributed by atoms with Crippen LogP contribution in [0, 0.1) is 0 Å². The van der Waals surface area contributed by atoms with Crippen molar-refractivity contribution < 1.29 is 23.9 Å². The number of hydrogen-bond acceptors (Lipinski definition) is 5. The van der Waals surface area contributed by atoms with E-state index in [0.717, 1.165) is 22.4 Å². The van der Waals surface area contributed by atoms with Gasteiger partial charge in [-0.25, -0.2) is 4.79 Å². The molecule has 172 valence electrons. The first kappa shape index (κ1) is 21.7. The van der Waals surface area contributed by atoms with Gasteiger partial charge < -0.3 is 14.8 Å². The van der Waals surface area contributed by atoms with Crippen molar-refractivity contribution in [2.75, 3.05) is 19.8 Å². The number of urea groups is 1. The molecule has 2 aliphatic rings. The number of hydrogen-bond donors (Lipinski definition) is 1. The molecular formula is C27H24N2O5. The minimum absolute atomic E-state index is 0.314. The number of ether oxygens (including phenoxy) is 2. The first-order valence-electron chi connectivity index (χ1n) is 11.2. The zero-order valence-electron chi connectivity index (χ0n) is 18.7. The normalized spacial score (nSPS) is 19.5. The Bertz CT molecular complexity index is 1260. The lowest BCUT2D eigenvalue weighted by molar-refractivity contribution is -0.130. The van der Waals surface area contributed by atoms with Gasteiger partial charge in [-0.3, -0.25) is 14.5 Å². The minimum atomic E-state index is -1.31. The molecular weight excluding hydrogens is 432 g/mol. The summed E-state index contributed by atoms with van der Waals surface area (Å²) < 4.78 is 11.4. The monoisotopic (exact) mass is 456 g/mol. The molecule has 0 aliphatic carbocycles. The third-order valence-corrected chi connectivity index (χ3v) is 6.22. The van der Waals surface area contributed by atoms with Crippen LogP contribution in [0.3, 0.4) is 0 Å². The molecule has 0 bridgehead atoms. The lowest BCUT2D eigenvalue weighted by atomic mass is 9.91. The van der Waals surface area contributed by atoms with Gasteiger partial charge in [-0.15, -0.1) is 0 Å². The number of benzene rings is 3. The smallest absolute Gasteiger partial charge is 0.325 e. The Kier molecular flexibility index (Phi) is 5.53. The summed E-state index contributed by atoms with van der Waals surface area (Å²) in [6.07, 6.45) is 0.763. The van der Waals surface area contributed by atoms with Gasteiger partial charge in [-0.1, -0.05) is 60.7 Å². The van der Waals surface area contributed by atoms with E-state index in [0.29, 0.717) is 35.8 Å². The number of nitrogens with one attached hydrogen (secondary N) is 1. The topological polar surface area (TPSA) is 84.9 Å². The Labute approximate surface area is 197 Å². The predicted octanol–water partition coefficient (Wildman–Crippen LogP) is 4.16. The molecule has 0 aromatic heterocycles. The summed E-state index contributed by atoms with van der Waals surface area (Å²) in [7, 11) is 0. The fourth-order valence-corrected chi connectivity index (χ4v) is 4.22. The first-order chi connectivity index (χ1) is 16.5. The molecule has 3 amide bonds. The Morgan fingerprint density at radius 2 is 1.59 bits per heavy atom. The number of rotatable bonds is 5. The van der Waals surface area contributed by atoms with E-state index in [2.05, 4.69) is 5.32 Å². The summed E-state index contributed by atoms with van der Waals surface area (Å²) in [6, 6.07) is 21.6. The van der Waals surface area contributed by atoms with Crippen LogP contribution in [0.2, 0.25) is 0 Å². The lowest BCUT2D eigenvalue weighted by Crippen LogP contribution is -2.41. The summed E-state index contributed by atoms with van der Waals surface area (Å²) in [5.74, 6) is 0.339. The molecule has 1 N–H and O–H groups in total. The van der Waals surface area contributed by atoms with Crippen molar-refractivity contribution in [3.63, 3.8) is 0 Å². The van der Waals surface area contributed by atoms with Crippen LogP contribution in [-0.4, -0.2) is 42.4 Å². The second kappa shape index (κ2) is 8.67. The van der Waals surface area contributed by atoms with E-state index < -0.39 is 17.5 Å². The van der Waals surface area contributed by atoms with E-state index in [1.165, 1.54) is 0 Å². The molecule has 1 fully saturated rings. The number of imide groups is 1. The molecule has 2 heterocycles. The van der Waals surface area contributed by atoms with Crippen molar-refractivity contribution in [3.8, 4) is 22.6 Å². The van der Waals surface area contributed by atoms with Crippen LogP contribution in [0.1, 0.15) is 29.3 Å². The summed E-state index contributed by atoms with van der Waals surface area (Å²) in [4.78, 5) is 39.9. The van der Waals surface area contributed by atoms with Crippen LogP contribution in [0.5, 0.6) is 11.5 Å². The van der Waals surface area contributed by atoms with E-state index in [1.54, 1.807) is 37.3 Å². The summed E-state index contributed by atoms with van der Waals surface area (Å²) in [5, 5.41) is 2.75. The highest BCUT2D eigenvalue weighted by Crippen LogP contribution is 2.36. The van der Waals surface area contributed by atoms with Crippen LogP contribution in [0.4, 0.5) is 4.79 Å². The van der Waals surface area contributed by atoms with Gasteiger partial charge in [0, 0.05) is 12.0 Å². The second-order valence-corrected chi connectivity index (χ2v) is 8.52. The van der Waals surface area contributed by atoms with Crippen molar-refractivity contribution in [1.29, 1.82) is 0 Å². The molecule has 0 spiro atoms. The van der Waals surface area contributed by atoms with Crippen molar-refractivity contribution in [2.45, 2.75) is 18.9 Å². The van der Waals surface area contributed by atoms with Crippen molar-refractivity contribution in [3.05, 3.63) is 83.9 Å². The average molecular weight is 456 g/mol. The van der Waals surface area contributed by atoms with E-state index >= 15 is 0 Å². The van der Waals surface area contributed by atoms with Gasteiger partial charge >= 0.3 is 6.03 Å². The zero-order chi connectivity index (χ0) is 23.7. The highest BCUT2D eigenvalue weighted by atomic mass is 16.5. The lowest BCUT2D eigenvalue weighted by Gasteiger charge is -2.23. The fourth-order valence-electron chi connectivity index (χ4n) is 4.22. The molecule has 0 saturated carbocycles. The number of amides is 3. The van der Waals surface area contributed by atoms with E-state index in [-0.39, 0.29) is 12.3 Å². The maximum atomic E-state index is 13.3. The van der Waals surface area contributed by atoms with Crippen molar-refractivity contribution >= 4 is 17.7 Å². The second-order valence-electron chi connectivity index (χ2n) is 8.52. The van der Waals surface area contributed by atoms with Gasteiger partial charge in [-0.2, -0.15) is 0 Å². The molecule has 5 rings (SSSR count). The van der Waals surface area contributed by atoms with Gasteiger partial charge in [0.1, 0.15) is 5.54 Å². The summed E-state index contributed by atoms with van der Waals surface area (Å²) in [5.41, 5.74) is 1.72. The van der Waals surface area contributed by atoms with E-state index in [4.69, 9.17) is 9.47 Å². The van der Waals surface area contributed by atoms with Gasteiger partial charge in [-0.05, 0) is 35.7 Å². The molecule has 0 radical (unpaired) electrons. The van der Waals surface area contributed by atoms with E-state index in [9.17, 15) is 14.4 Å². The molecule has 7 nitrogen and oxygen atoms in total. The average Bonchev–Trinajstić information content (AvgIpc) is 3.02. The molecule has 1 atom stereocenters. The molecule has 34 heavy (non-hydrogen) atoms. The minimum Gasteiger partial charge on any atom is -0.490 e. The largest absolute Gasteiger partial charge is 0.490 e. The highest BCUT2D eigenvalue weighted by molar-refractivity contribution is 6.11. The number of carbonyl (C=O) groups excluding carboxylic acids is 3. The summed E-state index contributed by atoms with van der Waals surface area (Å²) >= 11 is 0. The Balaban J connectivity index is 1.33. The zero-order valence-corrected chi connectivity index (χ0v) is 18.7. The number of ketones is 1. The quantitative estimate of drug-likeness (QED) is 0.460. The van der Waals surface area contributed by atoms with Gasteiger partial charge in [0.15, 0.2) is 17.3 Å². The van der Waals surface area contributed by atoms with E-state index in [1.807, 2.05) is 42.5 Å². The molecule has 1 saturated heterocycles. The van der Waals surface area contributed by atoms with Gasteiger partial charge in [0.25, 0.3) is 5.91 Å². The Morgan fingerprint density at radius 3 is 2.32 bits per heavy atom. The highest BCUT2D eigenvalue weighted by Gasteiger charge is 2.49. The number of fused-ring (bicyclic) bond motifs is 1.